The number of nitrogens with one attached hydrogen (secondary N) is 2. The predicted octanol–water partition coefficient (Wildman–Crippen LogP) is 1.38. The number of piperazine rings is 1. The van der Waals surface area contributed by atoms with Gasteiger partial charge in [-0.15, -0.1) is 0 Å². The smallest absolute Gasteiger partial charge is 0.321 e. The van der Waals surface area contributed by atoms with Gasteiger partial charge in [0.15, 0.2) is 0 Å². The monoisotopic (exact) mass is 372 g/mol. The quantitative estimate of drug-likeness (QED) is 0.818. The summed E-state index contributed by atoms with van der Waals surface area (Å²) in [7, 11) is 0. The summed E-state index contributed by atoms with van der Waals surface area (Å²) in [4.78, 5) is 40.4. The molecule has 27 heavy (non-hydrogen) atoms. The minimum atomic E-state index is -0.418. The van der Waals surface area contributed by atoms with Crippen molar-refractivity contribution in [1.82, 2.24) is 20.4 Å². The molecule has 1 aromatic rings. The van der Waals surface area contributed by atoms with Gasteiger partial charge in [-0.3, -0.25) is 19.8 Å². The molecule has 2 N–H and O–H groups in total. The lowest BCUT2D eigenvalue weighted by Crippen LogP contribution is -2.56. The van der Waals surface area contributed by atoms with Gasteiger partial charge in [0.25, 0.3) is 5.91 Å². The molecule has 2 aliphatic rings. The van der Waals surface area contributed by atoms with Crippen LogP contribution < -0.4 is 10.6 Å². The third-order valence-corrected chi connectivity index (χ3v) is 5.29. The topological polar surface area (TPSA) is 81.8 Å². The van der Waals surface area contributed by atoms with Crippen molar-refractivity contribution in [3.8, 4) is 0 Å². The highest BCUT2D eigenvalue weighted by Crippen LogP contribution is 2.18. The standard InChI is InChI=1S/C20H28N4O3/c1-3-15-4-6-16(7-5-15)19(26)24-12-10-23(11-13-24)14(2)18(25)22-20(27)21-17-8-9-17/h4-7,14,17H,3,8-13H2,1-2H3,(H2,21,22,25,27). The molecular formula is C20H28N4O3. The van der Waals surface area contributed by atoms with Gasteiger partial charge in [0.2, 0.25) is 5.91 Å². The molecule has 146 valence electrons. The van der Waals surface area contributed by atoms with Crippen LogP contribution >= 0.6 is 0 Å². The molecule has 0 radical (unpaired) electrons. The highest BCUT2D eigenvalue weighted by molar-refractivity contribution is 5.97. The first-order valence-electron chi connectivity index (χ1n) is 9.71. The average molecular weight is 372 g/mol. The third kappa shape index (κ3) is 5.07. The molecule has 0 aromatic heterocycles. The second-order valence-electron chi connectivity index (χ2n) is 7.29. The van der Waals surface area contributed by atoms with Crippen LogP contribution in [0.4, 0.5) is 4.79 Å². The minimum absolute atomic E-state index is 0.0261. The molecule has 4 amide bonds. The largest absolute Gasteiger partial charge is 0.336 e. The molecule has 0 bridgehead atoms. The SMILES string of the molecule is CCc1ccc(C(=O)N2CCN(C(C)C(=O)NC(=O)NC3CC3)CC2)cc1. The van der Waals surface area contributed by atoms with E-state index in [1.54, 1.807) is 6.92 Å². The van der Waals surface area contributed by atoms with Gasteiger partial charge in [-0.25, -0.2) is 4.79 Å². The van der Waals surface area contributed by atoms with Crippen molar-refractivity contribution >= 4 is 17.8 Å². The number of amides is 4. The molecule has 3 rings (SSSR count). The Morgan fingerprint density at radius 2 is 1.70 bits per heavy atom. The van der Waals surface area contributed by atoms with Crippen molar-refractivity contribution in [2.24, 2.45) is 0 Å². The first-order chi connectivity index (χ1) is 13.0. The first kappa shape index (κ1) is 19.4. The second-order valence-corrected chi connectivity index (χ2v) is 7.29. The Morgan fingerprint density at radius 3 is 2.26 bits per heavy atom. The minimum Gasteiger partial charge on any atom is -0.336 e. The normalized spacial score (nSPS) is 18.7. The summed E-state index contributed by atoms with van der Waals surface area (Å²) in [6.07, 6.45) is 2.91. The number of carbonyl (C=O) groups excluding carboxylic acids is 3. The zero-order valence-corrected chi connectivity index (χ0v) is 16.0. The van der Waals surface area contributed by atoms with E-state index in [1.807, 2.05) is 34.1 Å². The van der Waals surface area contributed by atoms with E-state index in [0.717, 1.165) is 19.3 Å². The number of aryl methyl sites for hydroxylation is 1. The van der Waals surface area contributed by atoms with Crippen LogP contribution in [-0.4, -0.2) is 65.9 Å². The summed E-state index contributed by atoms with van der Waals surface area (Å²) in [5.41, 5.74) is 1.91. The van der Waals surface area contributed by atoms with Gasteiger partial charge in [-0.1, -0.05) is 19.1 Å². The number of nitrogens with zero attached hydrogens (tertiary/aromatic N) is 2. The van der Waals surface area contributed by atoms with E-state index < -0.39 is 12.1 Å². The number of hydrogen-bond donors (Lipinski definition) is 2. The Balaban J connectivity index is 1.47. The van der Waals surface area contributed by atoms with Crippen molar-refractivity contribution in [2.45, 2.75) is 45.2 Å². The summed E-state index contributed by atoms with van der Waals surface area (Å²) in [6, 6.07) is 7.12. The van der Waals surface area contributed by atoms with E-state index >= 15 is 0 Å². The van der Waals surface area contributed by atoms with E-state index in [0.29, 0.717) is 31.7 Å². The number of imide groups is 1. The van der Waals surface area contributed by atoms with Gasteiger partial charge >= 0.3 is 6.03 Å². The maximum atomic E-state index is 12.6. The van der Waals surface area contributed by atoms with Crippen molar-refractivity contribution in [3.05, 3.63) is 35.4 Å². The van der Waals surface area contributed by atoms with Crippen LogP contribution in [0.2, 0.25) is 0 Å². The van der Waals surface area contributed by atoms with Crippen LogP contribution in [0, 0.1) is 0 Å². The van der Waals surface area contributed by atoms with Gasteiger partial charge in [-0.05, 0) is 43.9 Å². The van der Waals surface area contributed by atoms with Crippen LogP contribution in [0.25, 0.3) is 0 Å². The van der Waals surface area contributed by atoms with E-state index in [-0.39, 0.29) is 17.9 Å². The van der Waals surface area contributed by atoms with E-state index in [1.165, 1.54) is 5.56 Å². The molecule has 1 saturated heterocycles. The molecule has 1 saturated carbocycles. The van der Waals surface area contributed by atoms with Crippen LogP contribution in [0.15, 0.2) is 24.3 Å². The molecule has 0 spiro atoms. The Bertz CT molecular complexity index is 692. The number of carbonyl (C=O) groups is 3. The van der Waals surface area contributed by atoms with Crippen LogP contribution in [-0.2, 0) is 11.2 Å². The molecule has 7 heteroatoms. The number of rotatable bonds is 5. The zero-order chi connectivity index (χ0) is 19.4. The Kier molecular flexibility index (Phi) is 6.11. The summed E-state index contributed by atoms with van der Waals surface area (Å²) in [5, 5.41) is 5.16. The molecular weight excluding hydrogens is 344 g/mol. The van der Waals surface area contributed by atoms with Crippen LogP contribution in [0.1, 0.15) is 42.6 Å². The fraction of sp³-hybridized carbons (Fsp3) is 0.550. The summed E-state index contributed by atoms with van der Waals surface area (Å²) < 4.78 is 0. The first-order valence-corrected chi connectivity index (χ1v) is 9.71. The van der Waals surface area contributed by atoms with Crippen molar-refractivity contribution in [2.75, 3.05) is 26.2 Å². The summed E-state index contributed by atoms with van der Waals surface area (Å²) in [5.74, 6) is -0.277. The predicted molar refractivity (Wildman–Crippen MR) is 102 cm³/mol. The maximum Gasteiger partial charge on any atom is 0.321 e. The van der Waals surface area contributed by atoms with Gasteiger partial charge in [0.05, 0.1) is 6.04 Å². The lowest BCUT2D eigenvalue weighted by molar-refractivity contribution is -0.125. The second kappa shape index (κ2) is 8.52. The fourth-order valence-electron chi connectivity index (χ4n) is 3.21. The van der Waals surface area contributed by atoms with Gasteiger partial charge in [0.1, 0.15) is 0 Å². The molecule has 1 heterocycles. The third-order valence-electron chi connectivity index (χ3n) is 5.29. The molecule has 7 nitrogen and oxygen atoms in total. The molecule has 1 aliphatic carbocycles. The van der Waals surface area contributed by atoms with Gasteiger partial charge < -0.3 is 10.2 Å². The number of hydrogen-bond acceptors (Lipinski definition) is 4. The highest BCUT2D eigenvalue weighted by Gasteiger charge is 2.30. The number of urea groups is 1. The lowest BCUT2D eigenvalue weighted by atomic mass is 10.1. The van der Waals surface area contributed by atoms with Crippen molar-refractivity contribution < 1.29 is 14.4 Å². The summed E-state index contributed by atoms with van der Waals surface area (Å²) in [6.45, 7) is 6.24. The van der Waals surface area contributed by atoms with E-state index in [9.17, 15) is 14.4 Å². The summed E-state index contributed by atoms with van der Waals surface area (Å²) >= 11 is 0. The van der Waals surface area contributed by atoms with E-state index in [4.69, 9.17) is 0 Å². The van der Waals surface area contributed by atoms with Gasteiger partial charge in [-0.2, -0.15) is 0 Å². The molecule has 1 aliphatic heterocycles. The van der Waals surface area contributed by atoms with Crippen LogP contribution in [0.5, 0.6) is 0 Å². The molecule has 1 atom stereocenters. The van der Waals surface area contributed by atoms with Gasteiger partial charge in [0, 0.05) is 37.8 Å². The van der Waals surface area contributed by atoms with E-state index in [2.05, 4.69) is 17.6 Å². The zero-order valence-electron chi connectivity index (χ0n) is 16.0. The van der Waals surface area contributed by atoms with Crippen molar-refractivity contribution in [1.29, 1.82) is 0 Å². The van der Waals surface area contributed by atoms with Crippen LogP contribution in [0.3, 0.4) is 0 Å². The average Bonchev–Trinajstić information content (AvgIpc) is 3.50. The Morgan fingerprint density at radius 1 is 1.07 bits per heavy atom. The molecule has 1 aromatic carbocycles. The molecule has 2 fully saturated rings. The molecule has 1 unspecified atom stereocenters. The highest BCUT2D eigenvalue weighted by atomic mass is 16.2. The number of benzene rings is 1. The maximum absolute atomic E-state index is 12.6. The Hall–Kier alpha value is -2.41. The Labute approximate surface area is 160 Å². The lowest BCUT2D eigenvalue weighted by Gasteiger charge is -2.37. The van der Waals surface area contributed by atoms with Crippen molar-refractivity contribution in [3.63, 3.8) is 0 Å². The fourth-order valence-corrected chi connectivity index (χ4v) is 3.21.